The second-order valence-electron chi connectivity index (χ2n) is 6.25. The Morgan fingerprint density at radius 2 is 2.10 bits per heavy atom. The normalized spacial score (nSPS) is 25.4. The van der Waals surface area contributed by atoms with Crippen LogP contribution in [0, 0.1) is 5.92 Å². The summed E-state index contributed by atoms with van der Waals surface area (Å²) in [5, 5.41) is 4.48. The predicted molar refractivity (Wildman–Crippen MR) is 83.4 cm³/mol. The summed E-state index contributed by atoms with van der Waals surface area (Å²) in [6, 6.07) is 8.98. The van der Waals surface area contributed by atoms with Crippen molar-refractivity contribution >= 4 is 11.6 Å². The maximum atomic E-state index is 6.04. The van der Waals surface area contributed by atoms with E-state index in [1.54, 1.807) is 0 Å². The molecule has 0 radical (unpaired) electrons. The van der Waals surface area contributed by atoms with Crippen molar-refractivity contribution in [1.29, 1.82) is 0 Å². The van der Waals surface area contributed by atoms with Crippen molar-refractivity contribution in [3.8, 4) is 0 Å². The summed E-state index contributed by atoms with van der Waals surface area (Å²) >= 11 is 6.04. The molecule has 0 aromatic heterocycles. The van der Waals surface area contributed by atoms with Gasteiger partial charge in [0.1, 0.15) is 0 Å². The molecule has 0 saturated heterocycles. The molecule has 0 atom stereocenters. The first kappa shape index (κ1) is 14.4. The van der Waals surface area contributed by atoms with Crippen LogP contribution >= 0.6 is 11.6 Å². The third kappa shape index (κ3) is 4.21. The molecule has 3 heteroatoms. The number of hydrogen-bond donors (Lipinski definition) is 1. The summed E-state index contributed by atoms with van der Waals surface area (Å²) < 4.78 is 5.64. The highest BCUT2D eigenvalue weighted by Gasteiger charge is 2.29. The molecule has 2 nitrogen and oxygen atoms in total. The Morgan fingerprint density at radius 3 is 2.85 bits per heavy atom. The van der Waals surface area contributed by atoms with Crippen molar-refractivity contribution in [2.24, 2.45) is 5.92 Å². The van der Waals surface area contributed by atoms with E-state index in [1.807, 2.05) is 6.07 Å². The van der Waals surface area contributed by atoms with E-state index in [0.29, 0.717) is 12.0 Å². The number of halogens is 1. The first-order valence-electron chi connectivity index (χ1n) is 7.88. The average molecular weight is 294 g/mol. The zero-order chi connectivity index (χ0) is 13.8. The molecule has 3 rings (SSSR count). The van der Waals surface area contributed by atoms with Crippen molar-refractivity contribution in [2.45, 2.75) is 44.1 Å². The van der Waals surface area contributed by atoms with Crippen LogP contribution in [-0.4, -0.2) is 25.8 Å². The SMILES string of the molecule is Clc1cccc(C2CC(NCCCOCC3CC3)C2)c1. The lowest BCUT2D eigenvalue weighted by Crippen LogP contribution is -2.40. The van der Waals surface area contributed by atoms with Gasteiger partial charge in [0.25, 0.3) is 0 Å². The Labute approximate surface area is 126 Å². The summed E-state index contributed by atoms with van der Waals surface area (Å²) in [6.45, 7) is 2.98. The zero-order valence-electron chi connectivity index (χ0n) is 12.0. The molecule has 1 N–H and O–H groups in total. The molecule has 0 heterocycles. The number of benzene rings is 1. The van der Waals surface area contributed by atoms with E-state index in [1.165, 1.54) is 31.2 Å². The number of nitrogens with one attached hydrogen (secondary N) is 1. The Hall–Kier alpha value is -0.570. The van der Waals surface area contributed by atoms with Crippen LogP contribution in [0.5, 0.6) is 0 Å². The molecule has 110 valence electrons. The van der Waals surface area contributed by atoms with E-state index in [9.17, 15) is 0 Å². The Kier molecular flexibility index (Phi) is 4.98. The van der Waals surface area contributed by atoms with Gasteiger partial charge in [-0.25, -0.2) is 0 Å². The molecule has 1 aromatic carbocycles. The van der Waals surface area contributed by atoms with Gasteiger partial charge in [-0.05, 0) is 68.2 Å². The molecule has 0 aliphatic heterocycles. The van der Waals surface area contributed by atoms with Crippen LogP contribution in [-0.2, 0) is 4.74 Å². The minimum absolute atomic E-state index is 0.683. The van der Waals surface area contributed by atoms with Gasteiger partial charge in [0.2, 0.25) is 0 Å². The van der Waals surface area contributed by atoms with E-state index < -0.39 is 0 Å². The van der Waals surface area contributed by atoms with Crippen molar-refractivity contribution < 1.29 is 4.74 Å². The Bertz CT molecular complexity index is 427. The molecule has 2 aliphatic carbocycles. The van der Waals surface area contributed by atoms with Gasteiger partial charge in [-0.3, -0.25) is 0 Å². The highest BCUT2D eigenvalue weighted by molar-refractivity contribution is 6.30. The van der Waals surface area contributed by atoms with Gasteiger partial charge < -0.3 is 10.1 Å². The number of rotatable bonds is 8. The topological polar surface area (TPSA) is 21.3 Å². The third-order valence-electron chi connectivity index (χ3n) is 4.41. The molecule has 20 heavy (non-hydrogen) atoms. The quantitative estimate of drug-likeness (QED) is 0.732. The fourth-order valence-corrected chi connectivity index (χ4v) is 3.03. The summed E-state index contributed by atoms with van der Waals surface area (Å²) in [7, 11) is 0. The van der Waals surface area contributed by atoms with Gasteiger partial charge in [0.05, 0.1) is 0 Å². The second kappa shape index (κ2) is 6.93. The van der Waals surface area contributed by atoms with Crippen LogP contribution in [0.2, 0.25) is 5.02 Å². The maximum Gasteiger partial charge on any atom is 0.0494 e. The number of hydrogen-bond acceptors (Lipinski definition) is 2. The summed E-state index contributed by atoms with van der Waals surface area (Å²) in [6.07, 6.45) is 6.37. The molecule has 2 fully saturated rings. The summed E-state index contributed by atoms with van der Waals surface area (Å²) in [4.78, 5) is 0. The van der Waals surface area contributed by atoms with E-state index in [-0.39, 0.29) is 0 Å². The molecule has 2 saturated carbocycles. The maximum absolute atomic E-state index is 6.04. The van der Waals surface area contributed by atoms with Crippen LogP contribution in [0.15, 0.2) is 24.3 Å². The van der Waals surface area contributed by atoms with Crippen molar-refractivity contribution in [3.05, 3.63) is 34.9 Å². The lowest BCUT2D eigenvalue weighted by atomic mass is 9.76. The minimum Gasteiger partial charge on any atom is -0.381 e. The Morgan fingerprint density at radius 1 is 1.25 bits per heavy atom. The summed E-state index contributed by atoms with van der Waals surface area (Å²) in [5.74, 6) is 1.57. The molecular formula is C17H24ClNO. The molecule has 0 bridgehead atoms. The molecule has 1 aromatic rings. The van der Waals surface area contributed by atoms with Crippen molar-refractivity contribution in [2.75, 3.05) is 19.8 Å². The highest BCUT2D eigenvalue weighted by Crippen LogP contribution is 2.37. The predicted octanol–water partition coefficient (Wildman–Crippen LogP) is 3.99. The molecule has 0 spiro atoms. The fourth-order valence-electron chi connectivity index (χ4n) is 2.83. The van der Waals surface area contributed by atoms with Crippen molar-refractivity contribution in [1.82, 2.24) is 5.32 Å². The van der Waals surface area contributed by atoms with Crippen LogP contribution in [0.4, 0.5) is 0 Å². The second-order valence-corrected chi connectivity index (χ2v) is 6.68. The first-order chi connectivity index (χ1) is 9.81. The van der Waals surface area contributed by atoms with Gasteiger partial charge in [-0.15, -0.1) is 0 Å². The smallest absolute Gasteiger partial charge is 0.0494 e. The lowest BCUT2D eigenvalue weighted by molar-refractivity contribution is 0.120. The zero-order valence-corrected chi connectivity index (χ0v) is 12.7. The van der Waals surface area contributed by atoms with E-state index in [2.05, 4.69) is 23.5 Å². The largest absolute Gasteiger partial charge is 0.381 e. The molecule has 2 aliphatic rings. The van der Waals surface area contributed by atoms with E-state index in [0.717, 1.165) is 37.1 Å². The lowest BCUT2D eigenvalue weighted by Gasteiger charge is -2.36. The van der Waals surface area contributed by atoms with Crippen molar-refractivity contribution in [3.63, 3.8) is 0 Å². The first-order valence-corrected chi connectivity index (χ1v) is 8.25. The van der Waals surface area contributed by atoms with Crippen LogP contribution in [0.1, 0.15) is 43.6 Å². The summed E-state index contributed by atoms with van der Waals surface area (Å²) in [5.41, 5.74) is 1.39. The molecular weight excluding hydrogens is 270 g/mol. The van der Waals surface area contributed by atoms with Crippen LogP contribution in [0.3, 0.4) is 0 Å². The number of ether oxygens (including phenoxy) is 1. The third-order valence-corrected chi connectivity index (χ3v) is 4.64. The van der Waals surface area contributed by atoms with E-state index in [4.69, 9.17) is 16.3 Å². The van der Waals surface area contributed by atoms with Gasteiger partial charge in [-0.2, -0.15) is 0 Å². The molecule has 0 amide bonds. The fraction of sp³-hybridized carbons (Fsp3) is 0.647. The van der Waals surface area contributed by atoms with Crippen LogP contribution in [0.25, 0.3) is 0 Å². The molecule has 0 unspecified atom stereocenters. The standard InChI is InChI=1S/C17H24ClNO/c18-16-4-1-3-14(9-16)15-10-17(11-15)19-7-2-8-20-12-13-5-6-13/h1,3-4,9,13,15,17,19H,2,5-8,10-12H2. The Balaban J connectivity index is 1.24. The van der Waals surface area contributed by atoms with Crippen LogP contribution < -0.4 is 5.32 Å². The average Bonchev–Trinajstić information content (AvgIpc) is 3.19. The van der Waals surface area contributed by atoms with Gasteiger partial charge in [-0.1, -0.05) is 23.7 Å². The monoisotopic (exact) mass is 293 g/mol. The highest BCUT2D eigenvalue weighted by atomic mass is 35.5. The van der Waals surface area contributed by atoms with Gasteiger partial charge in [0, 0.05) is 24.3 Å². The van der Waals surface area contributed by atoms with Gasteiger partial charge >= 0.3 is 0 Å². The van der Waals surface area contributed by atoms with Gasteiger partial charge in [0.15, 0.2) is 0 Å². The minimum atomic E-state index is 0.683. The van der Waals surface area contributed by atoms with E-state index >= 15 is 0 Å².